The van der Waals surface area contributed by atoms with E-state index >= 15 is 0 Å². The van der Waals surface area contributed by atoms with Gasteiger partial charge in [-0.15, -0.1) is 0 Å². The zero-order valence-electron chi connectivity index (χ0n) is 13.9. The molecule has 1 aliphatic carbocycles. The normalized spacial score (nSPS) is 33.6. The standard InChI is InChI=1S/C18H34N2O/c1-2-19-14-16-8-4-7-13-20(16)15-17-9-12-18(21-17)10-5-3-6-11-18/h16-17,19H,2-15H2,1H3. The van der Waals surface area contributed by atoms with Gasteiger partial charge in [0.25, 0.3) is 0 Å². The molecule has 3 fully saturated rings. The summed E-state index contributed by atoms with van der Waals surface area (Å²) in [6.07, 6.45) is 14.1. The van der Waals surface area contributed by atoms with Crippen molar-refractivity contribution < 1.29 is 4.74 Å². The second kappa shape index (κ2) is 7.43. The molecule has 2 saturated heterocycles. The molecule has 0 aromatic heterocycles. The summed E-state index contributed by atoms with van der Waals surface area (Å²) in [6, 6.07) is 0.741. The molecule has 3 heteroatoms. The van der Waals surface area contributed by atoms with Crippen LogP contribution < -0.4 is 5.32 Å². The van der Waals surface area contributed by atoms with Gasteiger partial charge in [0.05, 0.1) is 11.7 Å². The van der Waals surface area contributed by atoms with Gasteiger partial charge in [0.2, 0.25) is 0 Å². The zero-order chi connectivity index (χ0) is 14.5. The molecular weight excluding hydrogens is 260 g/mol. The molecule has 0 amide bonds. The van der Waals surface area contributed by atoms with Crippen LogP contribution in [0.4, 0.5) is 0 Å². The third-order valence-electron chi connectivity index (χ3n) is 5.92. The topological polar surface area (TPSA) is 24.5 Å². The van der Waals surface area contributed by atoms with Crippen molar-refractivity contribution in [1.82, 2.24) is 10.2 Å². The average molecular weight is 294 g/mol. The van der Waals surface area contributed by atoms with Crippen LogP contribution in [0, 0.1) is 0 Å². The molecule has 0 aromatic rings. The largest absolute Gasteiger partial charge is 0.370 e. The van der Waals surface area contributed by atoms with Crippen molar-refractivity contribution >= 4 is 0 Å². The second-order valence-electron chi connectivity index (χ2n) is 7.47. The summed E-state index contributed by atoms with van der Waals surface area (Å²) in [4.78, 5) is 2.72. The quantitative estimate of drug-likeness (QED) is 0.842. The highest BCUT2D eigenvalue weighted by Crippen LogP contribution is 2.42. The Labute approximate surface area is 130 Å². The summed E-state index contributed by atoms with van der Waals surface area (Å²) in [6.45, 7) is 6.92. The molecule has 1 saturated carbocycles. The Balaban J connectivity index is 1.50. The van der Waals surface area contributed by atoms with Crippen molar-refractivity contribution in [2.45, 2.75) is 88.9 Å². The Morgan fingerprint density at radius 2 is 1.90 bits per heavy atom. The summed E-state index contributed by atoms with van der Waals surface area (Å²) in [5.74, 6) is 0. The van der Waals surface area contributed by atoms with Crippen molar-refractivity contribution in [3.63, 3.8) is 0 Å². The van der Waals surface area contributed by atoms with Crippen LogP contribution in [0.3, 0.4) is 0 Å². The summed E-state index contributed by atoms with van der Waals surface area (Å²) < 4.78 is 6.58. The molecule has 0 radical (unpaired) electrons. The van der Waals surface area contributed by atoms with E-state index in [1.807, 2.05) is 0 Å². The van der Waals surface area contributed by atoms with E-state index in [9.17, 15) is 0 Å². The van der Waals surface area contributed by atoms with Crippen LogP contribution >= 0.6 is 0 Å². The fraction of sp³-hybridized carbons (Fsp3) is 1.00. The van der Waals surface area contributed by atoms with Crippen molar-refractivity contribution in [3.05, 3.63) is 0 Å². The van der Waals surface area contributed by atoms with Crippen molar-refractivity contribution in [3.8, 4) is 0 Å². The molecule has 1 spiro atoms. The highest BCUT2D eigenvalue weighted by Gasteiger charge is 2.41. The third-order valence-corrected chi connectivity index (χ3v) is 5.92. The molecule has 122 valence electrons. The molecule has 0 bridgehead atoms. The third kappa shape index (κ3) is 4.00. The summed E-state index contributed by atoms with van der Waals surface area (Å²) in [5.41, 5.74) is 0.288. The van der Waals surface area contributed by atoms with Crippen molar-refractivity contribution in [1.29, 1.82) is 0 Å². The Morgan fingerprint density at radius 1 is 1.05 bits per heavy atom. The van der Waals surface area contributed by atoms with E-state index in [1.165, 1.54) is 77.3 Å². The highest BCUT2D eigenvalue weighted by molar-refractivity contribution is 4.93. The minimum atomic E-state index is 0.288. The van der Waals surface area contributed by atoms with Gasteiger partial charge >= 0.3 is 0 Å². The predicted molar refractivity (Wildman–Crippen MR) is 87.7 cm³/mol. The average Bonchev–Trinajstić information content (AvgIpc) is 2.89. The summed E-state index contributed by atoms with van der Waals surface area (Å²) >= 11 is 0. The number of ether oxygens (including phenoxy) is 1. The number of rotatable bonds is 5. The van der Waals surface area contributed by atoms with Crippen LogP contribution in [0.2, 0.25) is 0 Å². The van der Waals surface area contributed by atoms with E-state index in [2.05, 4.69) is 17.1 Å². The van der Waals surface area contributed by atoms with Crippen LogP contribution in [0.15, 0.2) is 0 Å². The van der Waals surface area contributed by atoms with Gasteiger partial charge in [-0.25, -0.2) is 0 Å². The molecule has 2 atom stereocenters. The fourth-order valence-electron chi connectivity index (χ4n) is 4.69. The fourth-order valence-corrected chi connectivity index (χ4v) is 4.69. The van der Waals surface area contributed by atoms with Crippen LogP contribution in [0.25, 0.3) is 0 Å². The van der Waals surface area contributed by atoms with Crippen LogP contribution in [-0.4, -0.2) is 48.8 Å². The highest BCUT2D eigenvalue weighted by atomic mass is 16.5. The van der Waals surface area contributed by atoms with Crippen molar-refractivity contribution in [2.75, 3.05) is 26.2 Å². The van der Waals surface area contributed by atoms with E-state index in [0.717, 1.165) is 19.1 Å². The lowest BCUT2D eigenvalue weighted by atomic mass is 9.83. The van der Waals surface area contributed by atoms with Gasteiger partial charge in [0.15, 0.2) is 0 Å². The Hall–Kier alpha value is -0.120. The Bertz CT molecular complexity index is 314. The number of hydrogen-bond acceptors (Lipinski definition) is 3. The SMILES string of the molecule is CCNCC1CCCCN1CC1CCC2(CCCCC2)O1. The number of likely N-dealkylation sites (tertiary alicyclic amines) is 1. The lowest BCUT2D eigenvalue weighted by Crippen LogP contribution is -2.48. The van der Waals surface area contributed by atoms with Gasteiger partial charge in [0, 0.05) is 19.1 Å². The first-order chi connectivity index (χ1) is 10.3. The molecule has 3 aliphatic rings. The molecule has 3 nitrogen and oxygen atoms in total. The molecule has 21 heavy (non-hydrogen) atoms. The van der Waals surface area contributed by atoms with E-state index in [1.54, 1.807) is 0 Å². The minimum Gasteiger partial charge on any atom is -0.370 e. The van der Waals surface area contributed by atoms with Gasteiger partial charge < -0.3 is 10.1 Å². The molecule has 2 unspecified atom stereocenters. The lowest BCUT2D eigenvalue weighted by molar-refractivity contribution is -0.0765. The summed E-state index contributed by atoms with van der Waals surface area (Å²) in [5, 5.41) is 3.55. The van der Waals surface area contributed by atoms with Crippen LogP contribution in [0.5, 0.6) is 0 Å². The minimum absolute atomic E-state index is 0.288. The van der Waals surface area contributed by atoms with E-state index in [-0.39, 0.29) is 5.60 Å². The number of piperidine rings is 1. The summed E-state index contributed by atoms with van der Waals surface area (Å²) in [7, 11) is 0. The maximum Gasteiger partial charge on any atom is 0.0710 e. The Morgan fingerprint density at radius 3 is 2.71 bits per heavy atom. The van der Waals surface area contributed by atoms with Gasteiger partial charge in [-0.3, -0.25) is 4.90 Å². The lowest BCUT2D eigenvalue weighted by Gasteiger charge is -2.38. The predicted octanol–water partition coefficient (Wildman–Crippen LogP) is 3.33. The first kappa shape index (κ1) is 15.8. The van der Waals surface area contributed by atoms with E-state index < -0.39 is 0 Å². The van der Waals surface area contributed by atoms with Crippen LogP contribution in [0.1, 0.15) is 71.1 Å². The van der Waals surface area contributed by atoms with Gasteiger partial charge in [0.1, 0.15) is 0 Å². The number of nitrogens with zero attached hydrogens (tertiary/aromatic N) is 1. The maximum atomic E-state index is 6.58. The van der Waals surface area contributed by atoms with Gasteiger partial charge in [-0.1, -0.05) is 32.6 Å². The van der Waals surface area contributed by atoms with Crippen LogP contribution in [-0.2, 0) is 4.74 Å². The second-order valence-corrected chi connectivity index (χ2v) is 7.47. The molecule has 2 aliphatic heterocycles. The molecule has 2 heterocycles. The molecular formula is C18H34N2O. The van der Waals surface area contributed by atoms with Gasteiger partial charge in [-0.05, 0) is 51.6 Å². The number of likely N-dealkylation sites (N-methyl/N-ethyl adjacent to an activating group) is 1. The zero-order valence-corrected chi connectivity index (χ0v) is 13.9. The van der Waals surface area contributed by atoms with E-state index in [4.69, 9.17) is 4.74 Å². The molecule has 0 aromatic carbocycles. The monoisotopic (exact) mass is 294 g/mol. The molecule has 1 N–H and O–H groups in total. The first-order valence-corrected chi connectivity index (χ1v) is 9.44. The van der Waals surface area contributed by atoms with Gasteiger partial charge in [-0.2, -0.15) is 0 Å². The molecule has 3 rings (SSSR count). The number of hydrogen-bond donors (Lipinski definition) is 1. The van der Waals surface area contributed by atoms with Crippen molar-refractivity contribution in [2.24, 2.45) is 0 Å². The smallest absolute Gasteiger partial charge is 0.0710 e. The number of nitrogens with one attached hydrogen (secondary N) is 1. The first-order valence-electron chi connectivity index (χ1n) is 9.44. The maximum absolute atomic E-state index is 6.58. The van der Waals surface area contributed by atoms with E-state index in [0.29, 0.717) is 6.10 Å². The Kier molecular flexibility index (Phi) is 5.58.